The maximum Gasteiger partial charge on any atom is 0.131 e. The molecule has 1 nitrogen and oxygen atoms in total. The van der Waals surface area contributed by atoms with Gasteiger partial charge in [-0.05, 0) is 36.8 Å². The standard InChI is InChI=1S/C16H18FN/c1-11(2)7-10-16(18)14-8-9-15(17)13-6-4-3-5-12(13)14/h3-6,8-9,16H,1,7,10,18H2,2H3. The van der Waals surface area contributed by atoms with Crippen LogP contribution in [0.15, 0.2) is 48.6 Å². The van der Waals surface area contributed by atoms with Crippen molar-refractivity contribution in [1.29, 1.82) is 0 Å². The minimum atomic E-state index is -0.193. The number of nitrogens with two attached hydrogens (primary N) is 1. The van der Waals surface area contributed by atoms with Gasteiger partial charge in [0.2, 0.25) is 0 Å². The molecule has 0 spiro atoms. The van der Waals surface area contributed by atoms with Crippen LogP contribution in [0.1, 0.15) is 31.4 Å². The van der Waals surface area contributed by atoms with E-state index in [0.29, 0.717) is 5.39 Å². The van der Waals surface area contributed by atoms with Crippen LogP contribution >= 0.6 is 0 Å². The molecule has 1 atom stereocenters. The highest BCUT2D eigenvalue weighted by Gasteiger charge is 2.11. The molecular weight excluding hydrogens is 225 g/mol. The van der Waals surface area contributed by atoms with Gasteiger partial charge in [-0.2, -0.15) is 0 Å². The number of benzene rings is 2. The van der Waals surface area contributed by atoms with Gasteiger partial charge in [-0.3, -0.25) is 0 Å². The zero-order chi connectivity index (χ0) is 13.1. The first kappa shape index (κ1) is 12.8. The number of halogens is 1. The van der Waals surface area contributed by atoms with Crippen molar-refractivity contribution >= 4 is 10.8 Å². The second-order valence-corrected chi connectivity index (χ2v) is 4.78. The molecule has 2 N–H and O–H groups in total. The highest BCUT2D eigenvalue weighted by molar-refractivity contribution is 5.86. The molecule has 2 aromatic rings. The molecule has 2 heteroatoms. The summed E-state index contributed by atoms with van der Waals surface area (Å²) in [5, 5.41) is 1.55. The number of rotatable bonds is 4. The lowest BCUT2D eigenvalue weighted by Gasteiger charge is -2.15. The summed E-state index contributed by atoms with van der Waals surface area (Å²) in [5.41, 5.74) is 8.33. The summed E-state index contributed by atoms with van der Waals surface area (Å²) in [5.74, 6) is -0.193. The first-order valence-corrected chi connectivity index (χ1v) is 6.16. The van der Waals surface area contributed by atoms with Gasteiger partial charge in [-0.25, -0.2) is 4.39 Å². The predicted octanol–water partition coefficient (Wildman–Crippen LogP) is 4.34. The molecular formula is C16H18FN. The average molecular weight is 243 g/mol. The molecule has 2 rings (SSSR count). The van der Waals surface area contributed by atoms with Crippen LogP contribution in [0.3, 0.4) is 0 Å². The monoisotopic (exact) mass is 243 g/mol. The summed E-state index contributed by atoms with van der Waals surface area (Å²) in [7, 11) is 0. The fraction of sp³-hybridized carbons (Fsp3) is 0.250. The molecule has 0 heterocycles. The summed E-state index contributed by atoms with van der Waals surface area (Å²) in [6.45, 7) is 5.88. The minimum Gasteiger partial charge on any atom is -0.324 e. The van der Waals surface area contributed by atoms with Crippen LogP contribution in [0.2, 0.25) is 0 Å². The Morgan fingerprint density at radius 2 is 1.89 bits per heavy atom. The van der Waals surface area contributed by atoms with Crippen molar-refractivity contribution in [3.8, 4) is 0 Å². The van der Waals surface area contributed by atoms with Crippen LogP contribution in [0.5, 0.6) is 0 Å². The van der Waals surface area contributed by atoms with Crippen LogP contribution in [0, 0.1) is 5.82 Å². The Hall–Kier alpha value is -1.67. The van der Waals surface area contributed by atoms with Crippen molar-refractivity contribution < 1.29 is 4.39 Å². The van der Waals surface area contributed by atoms with Gasteiger partial charge in [0, 0.05) is 11.4 Å². The van der Waals surface area contributed by atoms with E-state index < -0.39 is 0 Å². The van der Waals surface area contributed by atoms with E-state index in [1.165, 1.54) is 6.07 Å². The van der Waals surface area contributed by atoms with Gasteiger partial charge in [-0.1, -0.05) is 35.9 Å². The van der Waals surface area contributed by atoms with Gasteiger partial charge in [0.1, 0.15) is 5.82 Å². The number of hydrogen-bond donors (Lipinski definition) is 1. The molecule has 0 aliphatic heterocycles. The van der Waals surface area contributed by atoms with E-state index in [0.717, 1.165) is 29.4 Å². The van der Waals surface area contributed by atoms with E-state index >= 15 is 0 Å². The molecule has 1 unspecified atom stereocenters. The number of allylic oxidation sites excluding steroid dienone is 1. The molecule has 0 saturated heterocycles. The molecule has 18 heavy (non-hydrogen) atoms. The summed E-state index contributed by atoms with van der Waals surface area (Å²) >= 11 is 0. The SMILES string of the molecule is C=C(C)CCC(N)c1ccc(F)c2ccccc12. The number of fused-ring (bicyclic) bond motifs is 1. The fourth-order valence-corrected chi connectivity index (χ4v) is 2.17. The molecule has 94 valence electrons. The fourth-order valence-electron chi connectivity index (χ4n) is 2.17. The second-order valence-electron chi connectivity index (χ2n) is 4.78. The van der Waals surface area contributed by atoms with Crippen molar-refractivity contribution in [1.82, 2.24) is 0 Å². The Kier molecular flexibility index (Phi) is 3.78. The van der Waals surface area contributed by atoms with Crippen LogP contribution in [-0.4, -0.2) is 0 Å². The maximum absolute atomic E-state index is 13.7. The van der Waals surface area contributed by atoms with Gasteiger partial charge in [0.25, 0.3) is 0 Å². The lowest BCUT2D eigenvalue weighted by Crippen LogP contribution is -2.11. The number of hydrogen-bond acceptors (Lipinski definition) is 1. The van der Waals surface area contributed by atoms with Crippen LogP contribution in [0.25, 0.3) is 10.8 Å². The van der Waals surface area contributed by atoms with Crippen molar-refractivity contribution in [2.24, 2.45) is 5.73 Å². The largest absolute Gasteiger partial charge is 0.324 e. The van der Waals surface area contributed by atoms with E-state index in [4.69, 9.17) is 5.73 Å². The molecule has 0 aliphatic rings. The quantitative estimate of drug-likeness (QED) is 0.794. The topological polar surface area (TPSA) is 26.0 Å². The zero-order valence-corrected chi connectivity index (χ0v) is 10.6. The Bertz CT molecular complexity index is 574. The Labute approximate surface area is 107 Å². The lowest BCUT2D eigenvalue weighted by atomic mass is 9.95. The molecule has 0 amide bonds. The third-order valence-corrected chi connectivity index (χ3v) is 3.19. The van der Waals surface area contributed by atoms with Crippen molar-refractivity contribution in [3.63, 3.8) is 0 Å². The first-order chi connectivity index (χ1) is 8.59. The Balaban J connectivity index is 2.39. The van der Waals surface area contributed by atoms with Crippen LogP contribution < -0.4 is 5.73 Å². The average Bonchev–Trinajstić information content (AvgIpc) is 2.37. The summed E-state index contributed by atoms with van der Waals surface area (Å²) in [4.78, 5) is 0. The lowest BCUT2D eigenvalue weighted by molar-refractivity contribution is 0.632. The van der Waals surface area contributed by atoms with Gasteiger partial charge >= 0.3 is 0 Å². The van der Waals surface area contributed by atoms with Crippen molar-refractivity contribution in [2.45, 2.75) is 25.8 Å². The molecule has 0 saturated carbocycles. The normalized spacial score (nSPS) is 12.6. The molecule has 0 aromatic heterocycles. The van der Waals surface area contributed by atoms with Gasteiger partial charge in [-0.15, -0.1) is 6.58 Å². The van der Waals surface area contributed by atoms with Crippen LogP contribution in [0.4, 0.5) is 4.39 Å². The third kappa shape index (κ3) is 2.59. The molecule has 0 aliphatic carbocycles. The summed E-state index contributed by atoms with van der Waals surface area (Å²) in [6.07, 6.45) is 1.73. The van der Waals surface area contributed by atoms with Gasteiger partial charge < -0.3 is 5.73 Å². The predicted molar refractivity (Wildman–Crippen MR) is 74.9 cm³/mol. The first-order valence-electron chi connectivity index (χ1n) is 6.16. The van der Waals surface area contributed by atoms with Crippen LogP contribution in [-0.2, 0) is 0 Å². The molecule has 0 radical (unpaired) electrons. The Morgan fingerprint density at radius 1 is 1.22 bits per heavy atom. The highest BCUT2D eigenvalue weighted by Crippen LogP contribution is 2.28. The minimum absolute atomic E-state index is 0.0767. The van der Waals surface area contributed by atoms with Crippen molar-refractivity contribution in [2.75, 3.05) is 0 Å². The molecule has 0 bridgehead atoms. The molecule has 2 aromatic carbocycles. The smallest absolute Gasteiger partial charge is 0.131 e. The second kappa shape index (κ2) is 5.32. The summed E-state index contributed by atoms with van der Waals surface area (Å²) in [6, 6.07) is 10.7. The third-order valence-electron chi connectivity index (χ3n) is 3.19. The highest BCUT2D eigenvalue weighted by atomic mass is 19.1. The zero-order valence-electron chi connectivity index (χ0n) is 10.6. The molecule has 0 fully saturated rings. The van der Waals surface area contributed by atoms with E-state index in [2.05, 4.69) is 6.58 Å². The maximum atomic E-state index is 13.7. The van der Waals surface area contributed by atoms with Gasteiger partial charge in [0.05, 0.1) is 0 Å². The summed E-state index contributed by atoms with van der Waals surface area (Å²) < 4.78 is 13.7. The van der Waals surface area contributed by atoms with E-state index in [1.54, 1.807) is 12.1 Å². The van der Waals surface area contributed by atoms with Crippen molar-refractivity contribution in [3.05, 3.63) is 59.9 Å². The Morgan fingerprint density at radius 3 is 2.56 bits per heavy atom. The van der Waals surface area contributed by atoms with E-state index in [9.17, 15) is 4.39 Å². The van der Waals surface area contributed by atoms with E-state index in [-0.39, 0.29) is 11.9 Å². The van der Waals surface area contributed by atoms with Gasteiger partial charge in [0.15, 0.2) is 0 Å². The van der Waals surface area contributed by atoms with E-state index in [1.807, 2.05) is 25.1 Å².